The Morgan fingerprint density at radius 1 is 1.06 bits per heavy atom. The van der Waals surface area contributed by atoms with Crippen molar-refractivity contribution in [3.8, 4) is 11.5 Å². The number of hydrogen-bond donors (Lipinski definition) is 1. The third-order valence-corrected chi connectivity index (χ3v) is 6.68. The fraction of sp³-hybridized carbons (Fsp3) is 0.154. The zero-order chi connectivity index (χ0) is 22.5. The molecule has 0 saturated carbocycles. The summed E-state index contributed by atoms with van der Waals surface area (Å²) >= 11 is 3.63. The standard InChI is InChI=1S/C26H21BrN4O2/c1-15-7-9-16(10-8-15)24-22-23(30-26-28-14-29-31(24)26)18-5-3-4-6-21(18)33-25(22)19-13-17(27)11-12-20(19)32-2/h3-14,24-25H,1-2H3,(H,28,29,30)/t24-,25-/m0/s1. The largest absolute Gasteiger partial charge is 0.496 e. The van der Waals surface area contributed by atoms with Gasteiger partial charge in [0.1, 0.15) is 23.9 Å². The average Bonchev–Trinajstić information content (AvgIpc) is 3.31. The number of aromatic nitrogens is 3. The summed E-state index contributed by atoms with van der Waals surface area (Å²) in [5.74, 6) is 2.28. The lowest BCUT2D eigenvalue weighted by Gasteiger charge is -2.39. The van der Waals surface area contributed by atoms with Gasteiger partial charge < -0.3 is 14.8 Å². The van der Waals surface area contributed by atoms with Gasteiger partial charge in [0.2, 0.25) is 5.95 Å². The van der Waals surface area contributed by atoms with Crippen molar-refractivity contribution in [3.63, 3.8) is 0 Å². The summed E-state index contributed by atoms with van der Waals surface area (Å²) in [5.41, 5.74) is 6.32. The molecule has 3 heterocycles. The minimum atomic E-state index is -0.390. The fourth-order valence-corrected chi connectivity index (χ4v) is 5.03. The Morgan fingerprint density at radius 2 is 1.88 bits per heavy atom. The molecule has 164 valence electrons. The van der Waals surface area contributed by atoms with Gasteiger partial charge in [0.05, 0.1) is 12.8 Å². The molecular weight excluding hydrogens is 480 g/mol. The molecule has 0 aliphatic carbocycles. The Labute approximate surface area is 200 Å². The van der Waals surface area contributed by atoms with Crippen LogP contribution in [0.3, 0.4) is 0 Å². The molecule has 7 heteroatoms. The Balaban J connectivity index is 1.65. The molecule has 4 aromatic rings. The lowest BCUT2D eigenvalue weighted by Crippen LogP contribution is -2.32. The van der Waals surface area contributed by atoms with Crippen molar-refractivity contribution < 1.29 is 9.47 Å². The monoisotopic (exact) mass is 500 g/mol. The summed E-state index contributed by atoms with van der Waals surface area (Å²) < 4.78 is 15.3. The normalized spacial score (nSPS) is 18.5. The number of hydrogen-bond acceptors (Lipinski definition) is 5. The molecule has 0 fully saturated rings. The highest BCUT2D eigenvalue weighted by atomic mass is 79.9. The van der Waals surface area contributed by atoms with E-state index in [9.17, 15) is 0 Å². The van der Waals surface area contributed by atoms with Crippen molar-refractivity contribution in [1.29, 1.82) is 0 Å². The first kappa shape index (κ1) is 20.1. The Kier molecular flexibility index (Phi) is 4.73. The topological polar surface area (TPSA) is 61.2 Å². The molecule has 2 aliphatic heterocycles. The second-order valence-corrected chi connectivity index (χ2v) is 9.09. The van der Waals surface area contributed by atoms with Crippen LogP contribution in [0.5, 0.6) is 11.5 Å². The maximum Gasteiger partial charge on any atom is 0.226 e. The molecule has 0 radical (unpaired) electrons. The molecular formula is C26H21BrN4O2. The molecule has 2 atom stereocenters. The minimum Gasteiger partial charge on any atom is -0.496 e. The fourth-order valence-electron chi connectivity index (χ4n) is 4.66. The molecule has 6 rings (SSSR count). The molecule has 0 amide bonds. The quantitative estimate of drug-likeness (QED) is 0.378. The summed E-state index contributed by atoms with van der Waals surface area (Å²) in [6.45, 7) is 2.09. The molecule has 33 heavy (non-hydrogen) atoms. The second-order valence-electron chi connectivity index (χ2n) is 8.18. The van der Waals surface area contributed by atoms with E-state index >= 15 is 0 Å². The number of nitrogens with zero attached hydrogens (tertiary/aromatic N) is 3. The summed E-state index contributed by atoms with van der Waals surface area (Å²) in [5, 5.41) is 8.12. The summed E-state index contributed by atoms with van der Waals surface area (Å²) in [7, 11) is 1.69. The highest BCUT2D eigenvalue weighted by molar-refractivity contribution is 9.10. The molecule has 3 aromatic carbocycles. The molecule has 1 N–H and O–H groups in total. The molecule has 6 nitrogen and oxygen atoms in total. The van der Waals surface area contributed by atoms with Gasteiger partial charge in [0.15, 0.2) is 6.10 Å². The maximum atomic E-state index is 6.69. The van der Waals surface area contributed by atoms with Gasteiger partial charge in [-0.3, -0.25) is 0 Å². The van der Waals surface area contributed by atoms with E-state index in [4.69, 9.17) is 9.47 Å². The van der Waals surface area contributed by atoms with E-state index in [1.165, 1.54) is 5.56 Å². The van der Waals surface area contributed by atoms with E-state index in [0.717, 1.165) is 43.9 Å². The molecule has 0 unspecified atom stereocenters. The SMILES string of the molecule is COc1ccc(Br)cc1[C@@H]1Oc2ccccc2C2=C1[C@H](c1ccc(C)cc1)n1ncnc1N2. The van der Waals surface area contributed by atoms with Crippen molar-refractivity contribution >= 4 is 27.6 Å². The van der Waals surface area contributed by atoms with Crippen LogP contribution in [0.15, 0.2) is 83.1 Å². The zero-order valence-corrected chi connectivity index (χ0v) is 19.7. The van der Waals surface area contributed by atoms with Gasteiger partial charge in [-0.15, -0.1) is 0 Å². The maximum absolute atomic E-state index is 6.69. The number of benzene rings is 3. The highest BCUT2D eigenvalue weighted by Crippen LogP contribution is 2.52. The highest BCUT2D eigenvalue weighted by Gasteiger charge is 2.41. The molecule has 0 spiro atoms. The number of nitrogens with one attached hydrogen (secondary N) is 1. The summed E-state index contributed by atoms with van der Waals surface area (Å²) in [6, 6.07) is 22.4. The number of fused-ring (bicyclic) bond motifs is 3. The zero-order valence-electron chi connectivity index (χ0n) is 18.1. The van der Waals surface area contributed by atoms with Gasteiger partial charge in [-0.2, -0.15) is 10.1 Å². The van der Waals surface area contributed by atoms with Gasteiger partial charge in [-0.1, -0.05) is 57.9 Å². The molecule has 0 saturated heterocycles. The Morgan fingerprint density at radius 3 is 2.70 bits per heavy atom. The van der Waals surface area contributed by atoms with E-state index in [0.29, 0.717) is 5.95 Å². The third kappa shape index (κ3) is 3.23. The van der Waals surface area contributed by atoms with Gasteiger partial charge in [0.25, 0.3) is 0 Å². The number of ether oxygens (including phenoxy) is 2. The second kappa shape index (κ2) is 7.78. The van der Waals surface area contributed by atoms with Crippen molar-refractivity contribution in [2.24, 2.45) is 0 Å². The van der Waals surface area contributed by atoms with E-state index in [1.54, 1.807) is 13.4 Å². The van der Waals surface area contributed by atoms with Crippen molar-refractivity contribution in [2.75, 3.05) is 12.4 Å². The van der Waals surface area contributed by atoms with E-state index in [1.807, 2.05) is 35.0 Å². The van der Waals surface area contributed by atoms with Crippen LogP contribution in [-0.4, -0.2) is 21.9 Å². The predicted octanol–water partition coefficient (Wildman–Crippen LogP) is 5.92. The number of aryl methyl sites for hydroxylation is 1. The van der Waals surface area contributed by atoms with Crippen LogP contribution in [0, 0.1) is 6.92 Å². The van der Waals surface area contributed by atoms with Crippen molar-refractivity contribution in [1.82, 2.24) is 14.8 Å². The van der Waals surface area contributed by atoms with Gasteiger partial charge in [0, 0.05) is 21.2 Å². The van der Waals surface area contributed by atoms with Crippen molar-refractivity contribution in [3.05, 3.63) is 105 Å². The van der Waals surface area contributed by atoms with Crippen LogP contribution < -0.4 is 14.8 Å². The predicted molar refractivity (Wildman–Crippen MR) is 130 cm³/mol. The number of anilines is 1. The first-order chi connectivity index (χ1) is 16.1. The van der Waals surface area contributed by atoms with Crippen LogP contribution in [-0.2, 0) is 0 Å². The smallest absolute Gasteiger partial charge is 0.226 e. The molecule has 1 aromatic heterocycles. The van der Waals surface area contributed by atoms with Crippen LogP contribution in [0.2, 0.25) is 0 Å². The molecule has 2 aliphatic rings. The van der Waals surface area contributed by atoms with Gasteiger partial charge >= 0.3 is 0 Å². The third-order valence-electron chi connectivity index (χ3n) is 6.19. The van der Waals surface area contributed by atoms with Crippen LogP contribution in [0.25, 0.3) is 5.70 Å². The first-order valence-electron chi connectivity index (χ1n) is 10.7. The summed E-state index contributed by atoms with van der Waals surface area (Å²) in [4.78, 5) is 4.49. The number of methoxy groups -OCH3 is 1. The van der Waals surface area contributed by atoms with Crippen LogP contribution in [0.1, 0.15) is 34.4 Å². The van der Waals surface area contributed by atoms with E-state index in [2.05, 4.69) is 74.7 Å². The number of rotatable bonds is 3. The Bertz CT molecular complexity index is 1390. The number of para-hydroxylation sites is 1. The Hall–Kier alpha value is -3.58. The summed E-state index contributed by atoms with van der Waals surface area (Å²) in [6.07, 6.45) is 1.20. The van der Waals surface area contributed by atoms with Gasteiger partial charge in [-0.25, -0.2) is 4.68 Å². The number of halogens is 1. The van der Waals surface area contributed by atoms with Crippen molar-refractivity contribution in [2.45, 2.75) is 19.1 Å². The van der Waals surface area contributed by atoms with E-state index in [-0.39, 0.29) is 6.04 Å². The van der Waals surface area contributed by atoms with E-state index < -0.39 is 6.10 Å². The minimum absolute atomic E-state index is 0.193. The van der Waals surface area contributed by atoms with Crippen LogP contribution >= 0.6 is 15.9 Å². The lowest BCUT2D eigenvalue weighted by atomic mass is 9.84. The molecule has 0 bridgehead atoms. The lowest BCUT2D eigenvalue weighted by molar-refractivity contribution is 0.217. The first-order valence-corrected chi connectivity index (χ1v) is 11.5. The van der Waals surface area contributed by atoms with Crippen LogP contribution in [0.4, 0.5) is 5.95 Å². The average molecular weight is 501 g/mol. The van der Waals surface area contributed by atoms with Gasteiger partial charge in [-0.05, 0) is 42.8 Å².